The molecule has 0 fully saturated rings. The topological polar surface area (TPSA) is 41.6 Å². The van der Waals surface area contributed by atoms with Crippen molar-refractivity contribution in [1.82, 2.24) is 5.12 Å². The summed E-state index contributed by atoms with van der Waals surface area (Å²) >= 11 is 5.77. The summed E-state index contributed by atoms with van der Waals surface area (Å²) in [6.45, 7) is 7.86. The number of nitrogens with zero attached hydrogens (tertiary/aromatic N) is 2. The fourth-order valence-electron chi connectivity index (χ4n) is 0.963. The first-order valence-electron chi connectivity index (χ1n) is 4.10. The molecule has 1 aliphatic carbocycles. The second-order valence-electron chi connectivity index (χ2n) is 2.78. The molecule has 0 bridgehead atoms. The number of hydrogen-bond acceptors (Lipinski definition) is 3. The van der Waals surface area contributed by atoms with Crippen LogP contribution in [0, 0.1) is 0 Å². The fourth-order valence-corrected chi connectivity index (χ4v) is 1.16. The van der Waals surface area contributed by atoms with Crippen LogP contribution in [0.4, 0.5) is 0 Å². The first-order valence-corrected chi connectivity index (χ1v) is 4.47. The molecule has 4 heteroatoms. The Morgan fingerprint density at radius 2 is 2.29 bits per heavy atom. The van der Waals surface area contributed by atoms with E-state index in [1.807, 2.05) is 0 Å². The Labute approximate surface area is 88.5 Å². The van der Waals surface area contributed by atoms with E-state index in [-0.39, 0.29) is 0 Å². The zero-order chi connectivity index (χ0) is 10.6. The molecular formula is C10H12ClN3. The van der Waals surface area contributed by atoms with Gasteiger partial charge in [0.2, 0.25) is 0 Å². The molecule has 0 heterocycles. The van der Waals surface area contributed by atoms with E-state index in [4.69, 9.17) is 17.4 Å². The van der Waals surface area contributed by atoms with Gasteiger partial charge in [0.05, 0.1) is 12.3 Å². The van der Waals surface area contributed by atoms with Gasteiger partial charge >= 0.3 is 0 Å². The number of allylic oxidation sites excluding steroid dienone is 5. The van der Waals surface area contributed by atoms with Crippen molar-refractivity contribution in [3.05, 3.63) is 48.1 Å². The Hall–Kier alpha value is -1.32. The van der Waals surface area contributed by atoms with Crippen molar-refractivity contribution in [3.8, 4) is 0 Å². The molecule has 0 radical (unpaired) electrons. The monoisotopic (exact) mass is 209 g/mol. The summed E-state index contributed by atoms with van der Waals surface area (Å²) in [5.41, 5.74) is 1.45. The van der Waals surface area contributed by atoms with Crippen molar-refractivity contribution in [2.75, 3.05) is 6.54 Å². The zero-order valence-corrected chi connectivity index (χ0v) is 8.54. The number of rotatable bonds is 3. The molecule has 1 rings (SSSR count). The van der Waals surface area contributed by atoms with Gasteiger partial charge in [0.15, 0.2) is 0 Å². The highest BCUT2D eigenvalue weighted by Gasteiger charge is 2.05. The predicted molar refractivity (Wildman–Crippen MR) is 60.7 cm³/mol. The minimum atomic E-state index is 0.488. The van der Waals surface area contributed by atoms with Gasteiger partial charge in [-0.05, 0) is 23.8 Å². The van der Waals surface area contributed by atoms with Crippen LogP contribution in [0.25, 0.3) is 0 Å². The molecule has 0 spiro atoms. The van der Waals surface area contributed by atoms with Gasteiger partial charge in [0.25, 0.3) is 0 Å². The molecule has 3 nitrogen and oxygen atoms in total. The number of halogens is 1. The van der Waals surface area contributed by atoms with E-state index < -0.39 is 0 Å². The van der Waals surface area contributed by atoms with Gasteiger partial charge in [0, 0.05) is 5.03 Å². The average molecular weight is 210 g/mol. The number of hydrogen-bond donors (Lipinski definition) is 1. The Kier molecular flexibility index (Phi) is 3.68. The van der Waals surface area contributed by atoms with E-state index in [9.17, 15) is 0 Å². The molecule has 0 aliphatic heterocycles. The molecule has 0 unspecified atom stereocenters. The first-order chi connectivity index (χ1) is 6.63. The predicted octanol–water partition coefficient (Wildman–Crippen LogP) is 1.95. The number of hydrazine groups is 1. The van der Waals surface area contributed by atoms with E-state index in [1.165, 1.54) is 5.12 Å². The minimum absolute atomic E-state index is 0.488. The van der Waals surface area contributed by atoms with E-state index in [2.05, 4.69) is 18.3 Å². The van der Waals surface area contributed by atoms with Crippen LogP contribution in [0.5, 0.6) is 0 Å². The zero-order valence-electron chi connectivity index (χ0n) is 7.78. The van der Waals surface area contributed by atoms with Crippen molar-refractivity contribution < 1.29 is 0 Å². The molecule has 0 aromatic heterocycles. The lowest BCUT2D eigenvalue weighted by atomic mass is 10.1. The van der Waals surface area contributed by atoms with Crippen LogP contribution >= 0.6 is 11.6 Å². The molecule has 0 atom stereocenters. The highest BCUT2D eigenvalue weighted by Crippen LogP contribution is 2.15. The number of hydrazone groups is 1. The van der Waals surface area contributed by atoms with Gasteiger partial charge < -0.3 is 0 Å². The Morgan fingerprint density at radius 1 is 1.57 bits per heavy atom. The fraction of sp³-hybridized carbons (Fsp3) is 0.100. The van der Waals surface area contributed by atoms with Crippen LogP contribution in [-0.4, -0.2) is 17.4 Å². The average Bonchev–Trinajstić information content (AvgIpc) is 2.10. The van der Waals surface area contributed by atoms with Gasteiger partial charge in [-0.3, -0.25) is 0 Å². The lowest BCUT2D eigenvalue weighted by Gasteiger charge is -2.13. The van der Waals surface area contributed by atoms with Gasteiger partial charge in [-0.1, -0.05) is 24.3 Å². The molecule has 0 amide bonds. The molecule has 0 saturated carbocycles. The Balaban J connectivity index is 2.76. The summed E-state index contributed by atoms with van der Waals surface area (Å²) in [4.78, 5) is 0. The Bertz CT molecular complexity index is 339. The van der Waals surface area contributed by atoms with Crippen molar-refractivity contribution in [3.63, 3.8) is 0 Å². The van der Waals surface area contributed by atoms with Gasteiger partial charge in [-0.2, -0.15) is 5.10 Å². The van der Waals surface area contributed by atoms with Crippen LogP contribution in [-0.2, 0) is 0 Å². The summed E-state index contributed by atoms with van der Waals surface area (Å²) < 4.78 is 0. The maximum atomic E-state index is 5.77. The highest BCUT2D eigenvalue weighted by molar-refractivity contribution is 6.33. The Morgan fingerprint density at radius 3 is 2.86 bits per heavy atom. The van der Waals surface area contributed by atoms with Crippen LogP contribution in [0.3, 0.4) is 0 Å². The van der Waals surface area contributed by atoms with E-state index in [1.54, 1.807) is 24.3 Å². The third kappa shape index (κ3) is 2.87. The summed E-state index contributed by atoms with van der Waals surface area (Å²) in [6.07, 6.45) is 6.93. The van der Waals surface area contributed by atoms with Gasteiger partial charge in [-0.15, -0.1) is 6.58 Å². The van der Waals surface area contributed by atoms with Crippen molar-refractivity contribution >= 4 is 17.3 Å². The van der Waals surface area contributed by atoms with Crippen molar-refractivity contribution in [1.29, 1.82) is 0 Å². The molecule has 0 aromatic carbocycles. The van der Waals surface area contributed by atoms with Gasteiger partial charge in [-0.25, -0.2) is 11.0 Å². The standard InChI is InChI=1S/C10H12ClN3/c1-3-6-14(12)13-10-5-4-9(11)7-8(10)2/h3-5,7H,1-2,6,12H2/b13-10-. The molecule has 1 aliphatic rings. The maximum Gasteiger partial charge on any atom is 0.0914 e. The summed E-state index contributed by atoms with van der Waals surface area (Å²) in [5, 5.41) is 6.04. The molecule has 0 aromatic rings. The minimum Gasteiger partial charge on any atom is -0.231 e. The van der Waals surface area contributed by atoms with E-state index in [0.29, 0.717) is 17.3 Å². The normalized spacial score (nSPS) is 18.3. The van der Waals surface area contributed by atoms with E-state index in [0.717, 1.165) is 5.57 Å². The SMILES string of the molecule is C=CCN(N)/N=C1/C=CC(Cl)=CC1=C. The summed E-state index contributed by atoms with van der Waals surface area (Å²) in [6, 6.07) is 0. The second-order valence-corrected chi connectivity index (χ2v) is 3.22. The molecule has 74 valence electrons. The third-order valence-corrected chi connectivity index (χ3v) is 1.83. The third-order valence-electron chi connectivity index (χ3n) is 1.59. The largest absolute Gasteiger partial charge is 0.231 e. The first kappa shape index (κ1) is 10.8. The van der Waals surface area contributed by atoms with Crippen LogP contribution < -0.4 is 5.84 Å². The maximum absolute atomic E-state index is 5.77. The van der Waals surface area contributed by atoms with Crippen LogP contribution in [0.1, 0.15) is 0 Å². The van der Waals surface area contributed by atoms with Crippen LogP contribution in [0.2, 0.25) is 0 Å². The van der Waals surface area contributed by atoms with Gasteiger partial charge in [0.1, 0.15) is 0 Å². The number of nitrogens with two attached hydrogens (primary N) is 1. The lowest BCUT2D eigenvalue weighted by molar-refractivity contribution is 0.334. The van der Waals surface area contributed by atoms with Crippen LogP contribution in [0.15, 0.2) is 53.2 Å². The highest BCUT2D eigenvalue weighted by atomic mass is 35.5. The smallest absolute Gasteiger partial charge is 0.0914 e. The molecule has 2 N–H and O–H groups in total. The second kappa shape index (κ2) is 4.79. The molecule has 14 heavy (non-hydrogen) atoms. The lowest BCUT2D eigenvalue weighted by Crippen LogP contribution is -2.27. The molecular weight excluding hydrogens is 198 g/mol. The quantitative estimate of drug-likeness (QED) is 0.439. The van der Waals surface area contributed by atoms with Crippen molar-refractivity contribution in [2.45, 2.75) is 0 Å². The van der Waals surface area contributed by atoms with Crippen molar-refractivity contribution in [2.24, 2.45) is 10.9 Å². The van der Waals surface area contributed by atoms with E-state index >= 15 is 0 Å². The summed E-state index contributed by atoms with van der Waals surface area (Å²) in [5.74, 6) is 5.56. The molecule has 0 saturated heterocycles. The summed E-state index contributed by atoms with van der Waals surface area (Å²) in [7, 11) is 0.